The zero-order valence-electron chi connectivity index (χ0n) is 14.3. The van der Waals surface area contributed by atoms with Gasteiger partial charge < -0.3 is 0 Å². The van der Waals surface area contributed by atoms with Crippen molar-refractivity contribution in [2.24, 2.45) is 0 Å². The van der Waals surface area contributed by atoms with Crippen molar-refractivity contribution in [1.82, 2.24) is 14.6 Å². The quantitative estimate of drug-likeness (QED) is 0.535. The molecule has 0 fully saturated rings. The van der Waals surface area contributed by atoms with Gasteiger partial charge in [0.1, 0.15) is 0 Å². The van der Waals surface area contributed by atoms with Gasteiger partial charge in [0.15, 0.2) is 5.82 Å². The van der Waals surface area contributed by atoms with E-state index >= 15 is 0 Å². The lowest BCUT2D eigenvalue weighted by Crippen LogP contribution is -2.23. The lowest BCUT2D eigenvalue weighted by Gasteiger charge is -2.04. The average Bonchev–Trinajstić information content (AvgIpc) is 3.17. The van der Waals surface area contributed by atoms with E-state index in [9.17, 15) is 4.79 Å². The van der Waals surface area contributed by atoms with Crippen LogP contribution in [-0.4, -0.2) is 14.6 Å². The van der Waals surface area contributed by atoms with Crippen molar-refractivity contribution in [2.75, 3.05) is 0 Å². The lowest BCUT2D eigenvalue weighted by molar-refractivity contribution is 0.866. The van der Waals surface area contributed by atoms with Gasteiger partial charge in [-0.3, -0.25) is 4.79 Å². The Kier molecular flexibility index (Phi) is 4.34. The highest BCUT2D eigenvalue weighted by atomic mass is 35.5. The molecule has 0 unspecified atom stereocenters. The van der Waals surface area contributed by atoms with E-state index < -0.39 is 0 Å². The molecule has 2 aromatic heterocycles. The number of aromatic nitrogens is 3. The van der Waals surface area contributed by atoms with Gasteiger partial charge in [0.2, 0.25) is 4.96 Å². The van der Waals surface area contributed by atoms with Crippen LogP contribution in [0.4, 0.5) is 0 Å². The molecule has 2 heterocycles. The second-order valence-electron chi connectivity index (χ2n) is 6.36. The van der Waals surface area contributed by atoms with Gasteiger partial charge >= 0.3 is 0 Å². The summed E-state index contributed by atoms with van der Waals surface area (Å²) in [7, 11) is 0. The van der Waals surface area contributed by atoms with Gasteiger partial charge in [-0.2, -0.15) is 0 Å². The number of hydrogen-bond donors (Lipinski definition) is 0. The molecule has 0 aliphatic carbocycles. The molecule has 0 aliphatic heterocycles. The van der Waals surface area contributed by atoms with Crippen LogP contribution in [0.1, 0.15) is 30.9 Å². The number of benzene rings is 2. The summed E-state index contributed by atoms with van der Waals surface area (Å²) in [6.45, 7) is 4.32. The van der Waals surface area contributed by atoms with Crippen LogP contribution >= 0.6 is 22.9 Å². The number of hydrogen-bond acceptors (Lipinski definition) is 4. The highest BCUT2D eigenvalue weighted by molar-refractivity contribution is 7.15. The summed E-state index contributed by atoms with van der Waals surface area (Å²) in [5, 5.41) is 8.84. The summed E-state index contributed by atoms with van der Waals surface area (Å²) >= 11 is 7.59. The second-order valence-corrected chi connectivity index (χ2v) is 7.77. The number of rotatable bonds is 3. The molecule has 0 atom stereocenters. The molecular formula is C20H16ClN3OS. The van der Waals surface area contributed by atoms with E-state index in [-0.39, 0.29) is 5.56 Å². The predicted octanol–water partition coefficient (Wildman–Crippen LogP) is 4.14. The molecule has 2 aromatic carbocycles. The number of halogens is 1. The van der Waals surface area contributed by atoms with Crippen LogP contribution in [0.3, 0.4) is 0 Å². The fourth-order valence-electron chi connectivity index (χ4n) is 2.81. The van der Waals surface area contributed by atoms with Crippen LogP contribution in [-0.2, 0) is 0 Å². The topological polar surface area (TPSA) is 47.3 Å². The largest absolute Gasteiger partial charge is 0.276 e. The summed E-state index contributed by atoms with van der Waals surface area (Å²) in [6, 6.07) is 15.6. The van der Waals surface area contributed by atoms with Gasteiger partial charge in [0.05, 0.1) is 9.55 Å². The van der Waals surface area contributed by atoms with E-state index in [4.69, 9.17) is 11.6 Å². The Bertz CT molecular complexity index is 1190. The maximum absolute atomic E-state index is 12.9. The number of thiazole rings is 1. The molecule has 4 nitrogen and oxygen atoms in total. The normalized spacial score (nSPS) is 12.4. The first-order valence-electron chi connectivity index (χ1n) is 8.29. The van der Waals surface area contributed by atoms with Crippen molar-refractivity contribution >= 4 is 34.0 Å². The Labute approximate surface area is 159 Å². The first kappa shape index (κ1) is 16.9. The van der Waals surface area contributed by atoms with Gasteiger partial charge in [0.25, 0.3) is 5.56 Å². The minimum Gasteiger partial charge on any atom is -0.267 e. The van der Waals surface area contributed by atoms with E-state index in [2.05, 4.69) is 36.2 Å². The van der Waals surface area contributed by atoms with E-state index in [1.807, 2.05) is 36.4 Å². The Balaban J connectivity index is 1.85. The maximum Gasteiger partial charge on any atom is 0.276 e. The van der Waals surface area contributed by atoms with Crippen molar-refractivity contribution in [1.29, 1.82) is 0 Å². The van der Waals surface area contributed by atoms with E-state index in [1.165, 1.54) is 21.3 Å². The van der Waals surface area contributed by atoms with Gasteiger partial charge in [-0.15, -0.1) is 10.2 Å². The molecule has 0 amide bonds. The molecule has 6 heteroatoms. The van der Waals surface area contributed by atoms with Crippen LogP contribution in [0.5, 0.6) is 0 Å². The number of fused-ring (bicyclic) bond motifs is 1. The molecule has 26 heavy (non-hydrogen) atoms. The summed E-state index contributed by atoms with van der Waals surface area (Å²) in [4.78, 5) is 13.5. The zero-order valence-corrected chi connectivity index (χ0v) is 15.9. The van der Waals surface area contributed by atoms with Crippen LogP contribution < -0.4 is 10.1 Å². The fraction of sp³-hybridized carbons (Fsp3) is 0.150. The standard InChI is InChI=1S/C20H16ClN3OS/c1-12(2)14-9-7-13(8-10-14)11-17-19(25)24-18(22-23-20(24)26-17)15-5-3-4-6-16(15)21/h3-12H,1-2H3. The van der Waals surface area contributed by atoms with Crippen LogP contribution in [0.2, 0.25) is 5.02 Å². The molecule has 4 aromatic rings. The molecule has 130 valence electrons. The molecule has 0 N–H and O–H groups in total. The molecule has 0 spiro atoms. The first-order chi connectivity index (χ1) is 12.5. The van der Waals surface area contributed by atoms with Gasteiger partial charge in [-0.05, 0) is 35.3 Å². The monoisotopic (exact) mass is 381 g/mol. The summed E-state index contributed by atoms with van der Waals surface area (Å²) < 4.78 is 2.15. The fourth-order valence-corrected chi connectivity index (χ4v) is 3.94. The van der Waals surface area contributed by atoms with Crippen molar-refractivity contribution < 1.29 is 0 Å². The Morgan fingerprint density at radius 1 is 1.08 bits per heavy atom. The summed E-state index contributed by atoms with van der Waals surface area (Å²) in [5.41, 5.74) is 2.83. The van der Waals surface area contributed by atoms with E-state index in [0.29, 0.717) is 31.8 Å². The van der Waals surface area contributed by atoms with Crippen molar-refractivity contribution in [3.05, 3.63) is 79.6 Å². The van der Waals surface area contributed by atoms with E-state index in [0.717, 1.165) is 5.56 Å². The molecule has 0 aliphatic rings. The Morgan fingerprint density at radius 2 is 1.81 bits per heavy atom. The smallest absolute Gasteiger partial charge is 0.267 e. The van der Waals surface area contributed by atoms with Crippen molar-refractivity contribution in [2.45, 2.75) is 19.8 Å². The molecule has 4 rings (SSSR count). The van der Waals surface area contributed by atoms with Crippen molar-refractivity contribution in [3.8, 4) is 11.4 Å². The van der Waals surface area contributed by atoms with Gasteiger partial charge in [-0.25, -0.2) is 4.40 Å². The van der Waals surface area contributed by atoms with Crippen molar-refractivity contribution in [3.63, 3.8) is 0 Å². The van der Waals surface area contributed by atoms with Gasteiger partial charge in [0, 0.05) is 5.56 Å². The minimum absolute atomic E-state index is 0.127. The average molecular weight is 382 g/mol. The third kappa shape index (κ3) is 2.93. The zero-order chi connectivity index (χ0) is 18.3. The number of nitrogens with zero attached hydrogens (tertiary/aromatic N) is 3. The predicted molar refractivity (Wildman–Crippen MR) is 107 cm³/mol. The molecule has 0 saturated carbocycles. The van der Waals surface area contributed by atoms with Gasteiger partial charge in [-0.1, -0.05) is 73.2 Å². The van der Waals surface area contributed by atoms with E-state index in [1.54, 1.807) is 6.07 Å². The van der Waals surface area contributed by atoms with Crippen LogP contribution in [0.15, 0.2) is 53.3 Å². The van der Waals surface area contributed by atoms with Crippen LogP contribution in [0.25, 0.3) is 22.4 Å². The third-order valence-corrected chi connectivity index (χ3v) is 5.55. The lowest BCUT2D eigenvalue weighted by atomic mass is 10.0. The maximum atomic E-state index is 12.9. The summed E-state index contributed by atoms with van der Waals surface area (Å²) in [6.07, 6.45) is 1.89. The summed E-state index contributed by atoms with van der Waals surface area (Å²) in [5.74, 6) is 0.954. The minimum atomic E-state index is -0.127. The molecule has 0 saturated heterocycles. The third-order valence-electron chi connectivity index (χ3n) is 4.26. The molecular weight excluding hydrogens is 366 g/mol. The Morgan fingerprint density at radius 3 is 2.50 bits per heavy atom. The highest BCUT2D eigenvalue weighted by Crippen LogP contribution is 2.26. The van der Waals surface area contributed by atoms with Crippen LogP contribution in [0, 0.1) is 0 Å². The molecule has 0 radical (unpaired) electrons. The second kappa shape index (κ2) is 6.67. The Hall–Kier alpha value is -2.50. The highest BCUT2D eigenvalue weighted by Gasteiger charge is 2.15. The molecule has 0 bridgehead atoms. The first-order valence-corrected chi connectivity index (χ1v) is 9.48. The SMILES string of the molecule is CC(C)c1ccc(C=c2sc3nnc(-c4ccccc4Cl)n3c2=O)cc1.